The van der Waals surface area contributed by atoms with Crippen molar-refractivity contribution in [2.24, 2.45) is 0 Å². The van der Waals surface area contributed by atoms with E-state index in [4.69, 9.17) is 0 Å². The third-order valence-electron chi connectivity index (χ3n) is 0. The molecular formula is H3CaFeNaZn. The van der Waals surface area contributed by atoms with Gasteiger partial charge < -0.3 is 4.28 Å². The summed E-state index contributed by atoms with van der Waals surface area (Å²) in [7, 11) is 0. The van der Waals surface area contributed by atoms with Crippen LogP contribution in [0.15, 0.2) is 0 Å². The van der Waals surface area contributed by atoms with Crippen molar-refractivity contribution in [3.05, 3.63) is 0 Å². The van der Waals surface area contributed by atoms with E-state index in [2.05, 4.69) is 0 Å². The number of hydrogen-bond donors (Lipinski definition) is 0. The molecule has 0 aliphatic heterocycles. The molecule has 0 atom stereocenters. The third-order valence-corrected chi connectivity index (χ3v) is 0. The van der Waals surface area contributed by atoms with Crippen LogP contribution in [-0.4, -0.2) is 37.7 Å². The minimum Gasteiger partial charge on any atom is -1.00 e. The molecule has 0 spiro atoms. The molecule has 0 saturated carbocycles. The minimum absolute atomic E-state index is 0. The van der Waals surface area contributed by atoms with Crippen LogP contribution in [0.25, 0.3) is 0 Å². The van der Waals surface area contributed by atoms with Gasteiger partial charge in [-0.25, -0.2) is 0 Å². The summed E-state index contributed by atoms with van der Waals surface area (Å²) in [6.07, 6.45) is 0. The molecule has 0 nitrogen and oxygen atoms in total. The van der Waals surface area contributed by atoms with Gasteiger partial charge in [-0.05, 0) is 0 Å². The first-order valence-corrected chi connectivity index (χ1v) is 0. The molecule has 0 aliphatic carbocycles. The van der Waals surface area contributed by atoms with Crippen LogP contribution in [0.3, 0.4) is 0 Å². The monoisotopic (exact) mass is 186 g/mol. The maximum Gasteiger partial charge on any atom is 2.00 e. The first-order chi connectivity index (χ1) is 0. The predicted molar refractivity (Wildman–Crippen MR) is 9.09 cm³/mol. The van der Waals surface area contributed by atoms with Gasteiger partial charge in [0, 0.05) is 36.5 Å². The summed E-state index contributed by atoms with van der Waals surface area (Å²) >= 11 is 0. The zero-order valence-electron chi connectivity index (χ0n) is 5.77. The summed E-state index contributed by atoms with van der Waals surface area (Å²) in [5, 5.41) is 0. The zero-order valence-corrected chi connectivity index (χ0v) is 11.0. The maximum absolute atomic E-state index is 0. The fraction of sp³-hybridized carbons (Fsp3) is 0. The quantitative estimate of drug-likeness (QED) is 0.354. The first-order valence-electron chi connectivity index (χ1n) is 0. The molecule has 0 unspecified atom stereocenters. The van der Waals surface area contributed by atoms with E-state index < -0.39 is 0 Å². The van der Waals surface area contributed by atoms with Crippen molar-refractivity contribution < 1.29 is 70.4 Å². The summed E-state index contributed by atoms with van der Waals surface area (Å²) < 4.78 is 0. The molecule has 0 aromatic carbocycles. The van der Waals surface area contributed by atoms with Crippen molar-refractivity contribution in [1.82, 2.24) is 0 Å². The molecule has 0 rings (SSSR count). The van der Waals surface area contributed by atoms with Crippen molar-refractivity contribution in [2.75, 3.05) is 0 Å². The Hall–Kier alpha value is 3.40. The molecule has 0 aromatic rings. The fourth-order valence-corrected chi connectivity index (χ4v) is 0. The van der Waals surface area contributed by atoms with Gasteiger partial charge in [0.2, 0.25) is 0 Å². The molecule has 0 saturated heterocycles. The van der Waals surface area contributed by atoms with E-state index in [1.54, 1.807) is 0 Å². The Labute approximate surface area is 106 Å². The van der Waals surface area contributed by atoms with E-state index in [1.165, 1.54) is 0 Å². The second kappa shape index (κ2) is 16.1. The van der Waals surface area contributed by atoms with Crippen LogP contribution in [0.2, 0.25) is 0 Å². The Balaban J connectivity index is 0. The molecule has 0 amide bonds. The van der Waals surface area contributed by atoms with Crippen LogP contribution < -0.4 is 29.6 Å². The van der Waals surface area contributed by atoms with Gasteiger partial charge in [0.15, 0.2) is 0 Å². The molecule has 4 heteroatoms. The Kier molecular flexibility index (Phi) is 106. The molecule has 0 bridgehead atoms. The van der Waals surface area contributed by atoms with Crippen LogP contribution in [0.1, 0.15) is 4.28 Å². The van der Waals surface area contributed by atoms with Gasteiger partial charge in [0.1, 0.15) is 0 Å². The van der Waals surface area contributed by atoms with Gasteiger partial charge in [0.25, 0.3) is 0 Å². The van der Waals surface area contributed by atoms with E-state index >= 15 is 0 Å². The average molecular weight is 187 g/mol. The molecule has 0 radical (unpaired) electrons. The van der Waals surface area contributed by atoms with Crippen molar-refractivity contribution >= 4 is 37.7 Å². The summed E-state index contributed by atoms with van der Waals surface area (Å²) in [5.41, 5.74) is 0. The third kappa shape index (κ3) is 9.04. The first kappa shape index (κ1) is 26.2. The summed E-state index contributed by atoms with van der Waals surface area (Å²) in [5.74, 6) is 0. The van der Waals surface area contributed by atoms with E-state index in [0.29, 0.717) is 0 Å². The normalized spacial score (nSPS) is 0. The van der Waals surface area contributed by atoms with Crippen molar-refractivity contribution in [2.45, 2.75) is 0 Å². The number of hydrogen-bond acceptors (Lipinski definition) is 0. The zero-order chi connectivity index (χ0) is 0. The van der Waals surface area contributed by atoms with E-state index in [0.717, 1.165) is 0 Å². The summed E-state index contributed by atoms with van der Waals surface area (Å²) in [6, 6.07) is 0. The molecule has 0 N–H and O–H groups in total. The topological polar surface area (TPSA) is 0 Å². The molecule has 0 aliphatic rings. The summed E-state index contributed by atoms with van der Waals surface area (Å²) in [4.78, 5) is 0. The van der Waals surface area contributed by atoms with E-state index in [-0.39, 0.29) is 108 Å². The van der Waals surface area contributed by atoms with Crippen molar-refractivity contribution in [3.63, 3.8) is 0 Å². The summed E-state index contributed by atoms with van der Waals surface area (Å²) in [6.45, 7) is 0. The van der Waals surface area contributed by atoms with Crippen LogP contribution in [0, 0.1) is 0 Å². The van der Waals surface area contributed by atoms with Crippen molar-refractivity contribution in [3.8, 4) is 0 Å². The van der Waals surface area contributed by atoms with Crippen LogP contribution in [0.4, 0.5) is 0 Å². The van der Waals surface area contributed by atoms with Crippen LogP contribution in [-0.2, 0) is 36.5 Å². The van der Waals surface area contributed by atoms with Crippen molar-refractivity contribution in [1.29, 1.82) is 0 Å². The van der Waals surface area contributed by atoms with Gasteiger partial charge >= 0.3 is 67.3 Å². The van der Waals surface area contributed by atoms with E-state index in [9.17, 15) is 0 Å². The largest absolute Gasteiger partial charge is 2.00 e. The van der Waals surface area contributed by atoms with Gasteiger partial charge in [0.05, 0.1) is 0 Å². The standard InChI is InChI=1S/Ca.Fe.Na.Zn.3H/q+2;;+1;;3*-1. The van der Waals surface area contributed by atoms with Gasteiger partial charge in [-0.3, -0.25) is 0 Å². The predicted octanol–water partition coefficient (Wildman–Crippen LogP) is -3.04. The maximum atomic E-state index is 0. The molecule has 4 heavy (non-hydrogen) atoms. The molecule has 16 valence electrons. The SMILES string of the molecule is [Ca+2].[Fe].[H-].[H-].[H-].[Na+].[Zn]. The van der Waals surface area contributed by atoms with Gasteiger partial charge in [-0.2, -0.15) is 0 Å². The molecule has 0 heterocycles. The molecule has 0 aromatic heterocycles. The second-order valence-electron chi connectivity index (χ2n) is 0. The number of rotatable bonds is 0. The molecule has 0 fully saturated rings. The smallest absolute Gasteiger partial charge is 1.00 e. The average Bonchev–Trinajstić information content (AvgIpc) is 0. The van der Waals surface area contributed by atoms with Crippen LogP contribution in [0.5, 0.6) is 0 Å². The van der Waals surface area contributed by atoms with Gasteiger partial charge in [-0.15, -0.1) is 0 Å². The second-order valence-corrected chi connectivity index (χ2v) is 0. The van der Waals surface area contributed by atoms with Crippen LogP contribution >= 0.6 is 0 Å². The fourth-order valence-electron chi connectivity index (χ4n) is 0. The minimum atomic E-state index is 0. The Morgan fingerprint density at radius 3 is 1.25 bits per heavy atom. The Morgan fingerprint density at radius 2 is 1.25 bits per heavy atom. The van der Waals surface area contributed by atoms with Gasteiger partial charge in [-0.1, -0.05) is 0 Å². The Bertz CT molecular complexity index is 14.9. The van der Waals surface area contributed by atoms with E-state index in [1.807, 2.05) is 0 Å². The molecular weight excluding hydrogens is 184 g/mol. The Morgan fingerprint density at radius 1 is 1.25 bits per heavy atom.